The fraction of sp³-hybridized carbons (Fsp3) is 0.667. The topological polar surface area (TPSA) is 57.6 Å². The Hall–Kier alpha value is -1.32. The molecule has 0 spiro atoms. The predicted octanol–water partition coefficient (Wildman–Crippen LogP) is 1.81. The van der Waals surface area contributed by atoms with Crippen LogP contribution >= 0.6 is 0 Å². The molecule has 1 rings (SSSR count). The number of carbonyl (C=O) groups excluding carboxylic acids is 1. The molecule has 1 N–H and O–H groups in total. The van der Waals surface area contributed by atoms with E-state index in [4.69, 9.17) is 5.11 Å². The third-order valence-corrected chi connectivity index (χ3v) is 3.01. The summed E-state index contributed by atoms with van der Waals surface area (Å²) in [4.78, 5) is 23.9. The van der Waals surface area contributed by atoms with Gasteiger partial charge in [0.05, 0.1) is 0 Å². The van der Waals surface area contributed by atoms with Crippen molar-refractivity contribution in [3.63, 3.8) is 0 Å². The minimum atomic E-state index is -1.08. The van der Waals surface area contributed by atoms with E-state index in [2.05, 4.69) is 0 Å². The van der Waals surface area contributed by atoms with Gasteiger partial charge in [0.1, 0.15) is 0 Å². The van der Waals surface area contributed by atoms with E-state index in [1.807, 2.05) is 6.92 Å². The lowest BCUT2D eigenvalue weighted by Gasteiger charge is -2.32. The zero-order chi connectivity index (χ0) is 12.0. The van der Waals surface area contributed by atoms with Crippen molar-refractivity contribution >= 4 is 11.9 Å². The van der Waals surface area contributed by atoms with Crippen LogP contribution in [0.5, 0.6) is 0 Å². The number of hydrogen-bond acceptors (Lipinski definition) is 2. The molecule has 1 fully saturated rings. The zero-order valence-corrected chi connectivity index (χ0v) is 9.69. The summed E-state index contributed by atoms with van der Waals surface area (Å²) in [6.45, 7) is 2.58. The minimum Gasteiger partial charge on any atom is -0.478 e. The van der Waals surface area contributed by atoms with Gasteiger partial charge < -0.3 is 10.0 Å². The molecule has 0 aromatic rings. The molecule has 0 radical (unpaired) electrons. The maximum absolute atomic E-state index is 11.8. The maximum atomic E-state index is 11.8. The Morgan fingerprint density at radius 3 is 2.38 bits per heavy atom. The smallest absolute Gasteiger partial charge is 0.328 e. The van der Waals surface area contributed by atoms with Gasteiger partial charge in [-0.1, -0.05) is 19.3 Å². The highest BCUT2D eigenvalue weighted by molar-refractivity contribution is 5.94. The molecule has 0 aromatic heterocycles. The second-order valence-corrected chi connectivity index (χ2v) is 4.09. The molecule has 0 heterocycles. The van der Waals surface area contributed by atoms with Crippen molar-refractivity contribution in [3.05, 3.63) is 12.2 Å². The Labute approximate surface area is 95.9 Å². The van der Waals surface area contributed by atoms with E-state index in [0.29, 0.717) is 12.6 Å². The van der Waals surface area contributed by atoms with E-state index in [-0.39, 0.29) is 5.91 Å². The molecule has 16 heavy (non-hydrogen) atoms. The molecule has 0 aliphatic heterocycles. The number of carboxylic acid groups (broad SMARTS) is 1. The van der Waals surface area contributed by atoms with Crippen LogP contribution in [-0.2, 0) is 9.59 Å². The van der Waals surface area contributed by atoms with Gasteiger partial charge in [-0.25, -0.2) is 4.79 Å². The van der Waals surface area contributed by atoms with E-state index < -0.39 is 5.97 Å². The van der Waals surface area contributed by atoms with Crippen LogP contribution in [0.25, 0.3) is 0 Å². The Kier molecular flexibility index (Phi) is 5.02. The summed E-state index contributed by atoms with van der Waals surface area (Å²) in [6.07, 6.45) is 7.72. The molecule has 0 saturated heterocycles. The van der Waals surface area contributed by atoms with Gasteiger partial charge in [-0.3, -0.25) is 4.79 Å². The van der Waals surface area contributed by atoms with Crippen molar-refractivity contribution < 1.29 is 14.7 Å². The number of likely N-dealkylation sites (N-methyl/N-ethyl adjacent to an activating group) is 1. The van der Waals surface area contributed by atoms with Crippen molar-refractivity contribution in [2.45, 2.75) is 45.1 Å². The van der Waals surface area contributed by atoms with Gasteiger partial charge in [-0.05, 0) is 19.8 Å². The zero-order valence-electron chi connectivity index (χ0n) is 9.69. The number of rotatable bonds is 4. The van der Waals surface area contributed by atoms with Crippen LogP contribution in [0.15, 0.2) is 12.2 Å². The number of carbonyl (C=O) groups is 2. The van der Waals surface area contributed by atoms with Crippen LogP contribution in [0, 0.1) is 0 Å². The fourth-order valence-corrected chi connectivity index (χ4v) is 2.23. The van der Waals surface area contributed by atoms with Crippen LogP contribution < -0.4 is 0 Å². The van der Waals surface area contributed by atoms with Gasteiger partial charge in [0, 0.05) is 24.7 Å². The van der Waals surface area contributed by atoms with E-state index >= 15 is 0 Å². The number of hydrogen-bond donors (Lipinski definition) is 1. The lowest BCUT2D eigenvalue weighted by molar-refractivity contribution is -0.133. The molecule has 4 nitrogen and oxygen atoms in total. The van der Waals surface area contributed by atoms with Gasteiger partial charge in [-0.15, -0.1) is 0 Å². The van der Waals surface area contributed by atoms with Crippen molar-refractivity contribution in [2.24, 2.45) is 0 Å². The van der Waals surface area contributed by atoms with Crippen molar-refractivity contribution in [3.8, 4) is 0 Å². The Balaban J connectivity index is 2.58. The third kappa shape index (κ3) is 3.68. The van der Waals surface area contributed by atoms with E-state index in [1.165, 1.54) is 6.42 Å². The standard InChI is InChI=1S/C12H19NO3/c1-2-13(10-6-4-3-5-7-10)11(14)8-9-12(15)16/h8-10H,2-7H2,1H3,(H,15,16). The first kappa shape index (κ1) is 12.7. The summed E-state index contributed by atoms with van der Waals surface area (Å²) in [6, 6.07) is 0.296. The van der Waals surface area contributed by atoms with Crippen LogP contribution in [0.1, 0.15) is 39.0 Å². The summed E-state index contributed by atoms with van der Waals surface area (Å²) >= 11 is 0. The average Bonchev–Trinajstić information content (AvgIpc) is 2.29. The number of nitrogens with zero attached hydrogens (tertiary/aromatic N) is 1. The molecule has 4 heteroatoms. The average molecular weight is 225 g/mol. The fourth-order valence-electron chi connectivity index (χ4n) is 2.23. The largest absolute Gasteiger partial charge is 0.478 e. The van der Waals surface area contributed by atoms with Gasteiger partial charge in [0.2, 0.25) is 5.91 Å². The quantitative estimate of drug-likeness (QED) is 0.742. The molecule has 0 aromatic carbocycles. The molecule has 90 valence electrons. The monoisotopic (exact) mass is 225 g/mol. The highest BCUT2D eigenvalue weighted by atomic mass is 16.4. The summed E-state index contributed by atoms with van der Waals surface area (Å²) in [7, 11) is 0. The minimum absolute atomic E-state index is 0.184. The van der Waals surface area contributed by atoms with Crippen LogP contribution in [0.2, 0.25) is 0 Å². The van der Waals surface area contributed by atoms with Crippen molar-refractivity contribution in [2.75, 3.05) is 6.54 Å². The number of aliphatic carboxylic acids is 1. The molecule has 1 saturated carbocycles. The Bertz CT molecular complexity index is 280. The summed E-state index contributed by atoms with van der Waals surface area (Å²) < 4.78 is 0. The van der Waals surface area contributed by atoms with Crippen LogP contribution in [-0.4, -0.2) is 34.5 Å². The molecule has 1 aliphatic carbocycles. The van der Waals surface area contributed by atoms with Crippen molar-refractivity contribution in [1.82, 2.24) is 4.90 Å². The van der Waals surface area contributed by atoms with Crippen molar-refractivity contribution in [1.29, 1.82) is 0 Å². The number of amides is 1. The molecular weight excluding hydrogens is 206 g/mol. The molecule has 1 amide bonds. The van der Waals surface area contributed by atoms with E-state index in [9.17, 15) is 9.59 Å². The Morgan fingerprint density at radius 2 is 1.88 bits per heavy atom. The lowest BCUT2D eigenvalue weighted by Crippen LogP contribution is -2.40. The van der Waals surface area contributed by atoms with Crippen LogP contribution in [0.3, 0.4) is 0 Å². The molecule has 1 aliphatic rings. The van der Waals surface area contributed by atoms with Gasteiger partial charge >= 0.3 is 5.97 Å². The summed E-state index contributed by atoms with van der Waals surface area (Å²) in [5.74, 6) is -1.26. The molecular formula is C12H19NO3. The first-order valence-electron chi connectivity index (χ1n) is 5.86. The lowest BCUT2D eigenvalue weighted by atomic mass is 9.94. The third-order valence-electron chi connectivity index (χ3n) is 3.01. The SMILES string of the molecule is CCN(C(=O)C=CC(=O)O)C1CCCCC1. The van der Waals surface area contributed by atoms with Crippen LogP contribution in [0.4, 0.5) is 0 Å². The second-order valence-electron chi connectivity index (χ2n) is 4.09. The molecule has 0 atom stereocenters. The highest BCUT2D eigenvalue weighted by Crippen LogP contribution is 2.22. The maximum Gasteiger partial charge on any atom is 0.328 e. The first-order valence-corrected chi connectivity index (χ1v) is 5.86. The van der Waals surface area contributed by atoms with Gasteiger partial charge in [0.15, 0.2) is 0 Å². The van der Waals surface area contributed by atoms with E-state index in [1.54, 1.807) is 4.90 Å². The highest BCUT2D eigenvalue weighted by Gasteiger charge is 2.22. The Morgan fingerprint density at radius 1 is 1.25 bits per heavy atom. The summed E-state index contributed by atoms with van der Waals surface area (Å²) in [5.41, 5.74) is 0. The predicted molar refractivity (Wildman–Crippen MR) is 61.0 cm³/mol. The first-order chi connectivity index (χ1) is 7.65. The second kappa shape index (κ2) is 6.30. The van der Waals surface area contributed by atoms with E-state index in [0.717, 1.165) is 37.8 Å². The molecule has 0 unspecified atom stereocenters. The molecule has 0 bridgehead atoms. The van der Waals surface area contributed by atoms with Gasteiger partial charge in [-0.2, -0.15) is 0 Å². The summed E-state index contributed by atoms with van der Waals surface area (Å²) in [5, 5.41) is 8.47. The normalized spacial score (nSPS) is 17.6. The number of carboxylic acids is 1. The van der Waals surface area contributed by atoms with Gasteiger partial charge in [0.25, 0.3) is 0 Å².